The van der Waals surface area contributed by atoms with Crippen LogP contribution in [0.2, 0.25) is 0 Å². The van der Waals surface area contributed by atoms with Gasteiger partial charge in [-0.25, -0.2) is 0 Å². The molecule has 63 heavy (non-hydrogen) atoms. The van der Waals surface area contributed by atoms with Gasteiger partial charge in [-0.05, 0) is 120 Å². The number of fused-ring (bicyclic) bond motifs is 10. The summed E-state index contributed by atoms with van der Waals surface area (Å²) in [5.74, 6) is 0. The predicted molar refractivity (Wildman–Crippen MR) is 264 cm³/mol. The van der Waals surface area contributed by atoms with Crippen LogP contribution in [-0.4, -0.2) is 0 Å². The normalized spacial score (nSPS) is 12.9. The summed E-state index contributed by atoms with van der Waals surface area (Å²) in [5.41, 5.74) is 14.3. The minimum absolute atomic E-state index is 0.513. The van der Waals surface area contributed by atoms with Gasteiger partial charge in [0.25, 0.3) is 0 Å². The highest BCUT2D eigenvalue weighted by Gasteiger charge is 2.46. The molecule has 0 amide bonds. The molecule has 0 bridgehead atoms. The third-order valence-electron chi connectivity index (χ3n) is 13.5. The molecule has 2 heteroatoms. The molecule has 1 aromatic heterocycles. The summed E-state index contributed by atoms with van der Waals surface area (Å²) in [6.45, 7) is 0. The molecular weight excluding hydrogens is 763 g/mol. The number of anilines is 3. The lowest BCUT2D eigenvalue weighted by Crippen LogP contribution is -2.28. The molecule has 0 atom stereocenters. The summed E-state index contributed by atoms with van der Waals surface area (Å²) < 4.78 is 7.21. The Balaban J connectivity index is 1.05. The van der Waals surface area contributed by atoms with E-state index in [1.165, 1.54) is 71.3 Å². The fourth-order valence-electron chi connectivity index (χ4n) is 10.8. The van der Waals surface area contributed by atoms with E-state index in [-0.39, 0.29) is 0 Å². The fraction of sp³-hybridized carbons (Fsp3) is 0.0164. The van der Waals surface area contributed by atoms with Gasteiger partial charge in [-0.1, -0.05) is 182 Å². The summed E-state index contributed by atoms with van der Waals surface area (Å²) in [7, 11) is 0. The number of rotatable bonds is 6. The molecule has 0 unspecified atom stereocenters. The molecule has 1 aliphatic rings. The molecule has 0 aliphatic heterocycles. The van der Waals surface area contributed by atoms with Crippen molar-refractivity contribution < 1.29 is 4.42 Å². The van der Waals surface area contributed by atoms with Crippen LogP contribution in [0.15, 0.2) is 241 Å². The Labute approximate surface area is 365 Å². The van der Waals surface area contributed by atoms with Gasteiger partial charge in [-0.2, -0.15) is 0 Å². The number of benzene rings is 11. The average Bonchev–Trinajstić information content (AvgIpc) is 3.87. The number of hydrogen-bond acceptors (Lipinski definition) is 2. The van der Waals surface area contributed by atoms with Crippen molar-refractivity contribution in [3.8, 4) is 22.3 Å². The average molecular weight is 802 g/mol. The summed E-state index contributed by atoms with van der Waals surface area (Å²) in [5, 5.41) is 9.49. The molecule has 13 rings (SSSR count). The van der Waals surface area contributed by atoms with E-state index in [4.69, 9.17) is 4.42 Å². The van der Waals surface area contributed by atoms with Gasteiger partial charge in [0, 0.05) is 39.5 Å². The van der Waals surface area contributed by atoms with E-state index in [0.29, 0.717) is 0 Å². The number of para-hydroxylation sites is 1. The first-order valence-corrected chi connectivity index (χ1v) is 21.8. The smallest absolute Gasteiger partial charge is 0.143 e. The maximum atomic E-state index is 7.21. The first-order valence-electron chi connectivity index (χ1n) is 21.8. The van der Waals surface area contributed by atoms with Crippen LogP contribution >= 0.6 is 0 Å². The second-order valence-corrected chi connectivity index (χ2v) is 16.8. The van der Waals surface area contributed by atoms with Crippen molar-refractivity contribution in [2.24, 2.45) is 0 Å². The van der Waals surface area contributed by atoms with Crippen molar-refractivity contribution in [1.82, 2.24) is 0 Å². The molecule has 1 heterocycles. The Morgan fingerprint density at radius 1 is 0.317 bits per heavy atom. The second kappa shape index (κ2) is 13.9. The first kappa shape index (κ1) is 35.5. The van der Waals surface area contributed by atoms with E-state index < -0.39 is 5.41 Å². The van der Waals surface area contributed by atoms with Crippen LogP contribution in [0.25, 0.3) is 76.5 Å². The molecule has 294 valence electrons. The van der Waals surface area contributed by atoms with Crippen LogP contribution < -0.4 is 4.90 Å². The highest BCUT2D eigenvalue weighted by Crippen LogP contribution is 2.57. The van der Waals surface area contributed by atoms with Crippen LogP contribution in [0.3, 0.4) is 0 Å². The van der Waals surface area contributed by atoms with Gasteiger partial charge in [-0.3, -0.25) is 0 Å². The molecule has 0 spiro atoms. The minimum Gasteiger partial charge on any atom is -0.455 e. The maximum Gasteiger partial charge on any atom is 0.143 e. The number of hydrogen-bond donors (Lipinski definition) is 0. The van der Waals surface area contributed by atoms with E-state index in [0.717, 1.165) is 44.6 Å². The Morgan fingerprint density at radius 3 is 1.62 bits per heavy atom. The van der Waals surface area contributed by atoms with Crippen LogP contribution in [0.1, 0.15) is 22.3 Å². The molecule has 0 fully saturated rings. The summed E-state index contributed by atoms with van der Waals surface area (Å²) in [4.78, 5) is 2.38. The van der Waals surface area contributed by atoms with Crippen LogP contribution in [-0.2, 0) is 5.41 Å². The van der Waals surface area contributed by atoms with Crippen LogP contribution in [0.5, 0.6) is 0 Å². The fourth-order valence-corrected chi connectivity index (χ4v) is 10.8. The van der Waals surface area contributed by atoms with Gasteiger partial charge < -0.3 is 9.32 Å². The van der Waals surface area contributed by atoms with E-state index in [9.17, 15) is 0 Å². The standard InChI is InChI=1S/C61H39NO/c1-4-20-42(21-5-1)61(43-22-6-2-7-23-43)56-31-17-16-30-51(56)52-34-32-45(38-57(52)61)62(44-24-8-3-9-25-44)46-33-35-53-55-37-41-19-11-13-27-48(41)59(60(55)63-58(53)39-46)54-36-40-18-10-12-26-47(40)49-28-14-15-29-50(49)54/h1-39H. The summed E-state index contributed by atoms with van der Waals surface area (Å²) >= 11 is 0. The molecule has 0 radical (unpaired) electrons. The van der Waals surface area contributed by atoms with Crippen molar-refractivity contribution in [3.63, 3.8) is 0 Å². The van der Waals surface area contributed by atoms with Crippen LogP contribution in [0.4, 0.5) is 17.1 Å². The van der Waals surface area contributed by atoms with Crippen molar-refractivity contribution in [2.75, 3.05) is 4.90 Å². The molecule has 0 saturated heterocycles. The lowest BCUT2D eigenvalue weighted by Gasteiger charge is -2.35. The van der Waals surface area contributed by atoms with Gasteiger partial charge in [0.2, 0.25) is 0 Å². The lowest BCUT2D eigenvalue weighted by atomic mass is 9.67. The van der Waals surface area contributed by atoms with E-state index in [1.54, 1.807) is 0 Å². The van der Waals surface area contributed by atoms with Gasteiger partial charge in [0.15, 0.2) is 0 Å². The Morgan fingerprint density at radius 2 is 0.873 bits per heavy atom. The maximum absolute atomic E-state index is 7.21. The third kappa shape index (κ3) is 5.25. The Bertz CT molecular complexity index is 3700. The highest BCUT2D eigenvalue weighted by molar-refractivity contribution is 6.23. The van der Waals surface area contributed by atoms with E-state index >= 15 is 0 Å². The largest absolute Gasteiger partial charge is 0.455 e. The highest BCUT2D eigenvalue weighted by atomic mass is 16.3. The Kier molecular flexibility index (Phi) is 7.85. The minimum atomic E-state index is -0.513. The first-order chi connectivity index (χ1) is 31.3. The number of furan rings is 1. The topological polar surface area (TPSA) is 16.4 Å². The van der Waals surface area contributed by atoms with Crippen molar-refractivity contribution in [2.45, 2.75) is 5.41 Å². The van der Waals surface area contributed by atoms with Crippen molar-refractivity contribution in [1.29, 1.82) is 0 Å². The van der Waals surface area contributed by atoms with Crippen LogP contribution in [0, 0.1) is 0 Å². The molecule has 1 aliphatic carbocycles. The molecule has 2 nitrogen and oxygen atoms in total. The summed E-state index contributed by atoms with van der Waals surface area (Å²) in [6, 6.07) is 86.4. The van der Waals surface area contributed by atoms with Crippen molar-refractivity contribution >= 4 is 71.3 Å². The monoisotopic (exact) mass is 801 g/mol. The zero-order valence-corrected chi connectivity index (χ0v) is 34.4. The quantitative estimate of drug-likeness (QED) is 0.156. The van der Waals surface area contributed by atoms with Gasteiger partial charge in [0.05, 0.1) is 5.41 Å². The summed E-state index contributed by atoms with van der Waals surface area (Å²) in [6.07, 6.45) is 0. The van der Waals surface area contributed by atoms with E-state index in [2.05, 4.69) is 241 Å². The van der Waals surface area contributed by atoms with Gasteiger partial charge >= 0.3 is 0 Å². The second-order valence-electron chi connectivity index (χ2n) is 16.8. The van der Waals surface area contributed by atoms with Crippen molar-refractivity contribution in [3.05, 3.63) is 259 Å². The predicted octanol–water partition coefficient (Wildman–Crippen LogP) is 16.5. The SMILES string of the molecule is c1ccc(N(c2ccc3c(c2)C(c2ccccc2)(c2ccccc2)c2ccccc2-3)c2ccc3c(c2)oc2c(-c4cc5ccccc5c5ccccc45)c4ccccc4cc23)cc1. The number of nitrogens with zero attached hydrogens (tertiary/aromatic N) is 1. The van der Waals surface area contributed by atoms with Gasteiger partial charge in [0.1, 0.15) is 11.2 Å². The zero-order chi connectivity index (χ0) is 41.5. The third-order valence-corrected chi connectivity index (χ3v) is 13.5. The molecule has 0 saturated carbocycles. The van der Waals surface area contributed by atoms with E-state index in [1.807, 2.05) is 0 Å². The van der Waals surface area contributed by atoms with Gasteiger partial charge in [-0.15, -0.1) is 0 Å². The molecule has 0 N–H and O–H groups in total. The molecule has 12 aromatic rings. The molecule has 11 aromatic carbocycles. The lowest BCUT2D eigenvalue weighted by molar-refractivity contribution is 0.670. The Hall–Kier alpha value is -8.20. The molecular formula is C61H39NO. The zero-order valence-electron chi connectivity index (χ0n) is 34.4.